The van der Waals surface area contributed by atoms with Gasteiger partial charge in [-0.05, 0) is 124 Å². The number of rotatable bonds is 4. The monoisotopic (exact) mass is 650 g/mol. The Balaban J connectivity index is 1.51. The van der Waals surface area contributed by atoms with Gasteiger partial charge >= 0.3 is 0 Å². The first-order chi connectivity index (χ1) is 23.6. The van der Waals surface area contributed by atoms with Crippen molar-refractivity contribution < 1.29 is 0 Å². The fourth-order valence-corrected chi connectivity index (χ4v) is 7.61. The Morgan fingerprint density at radius 3 is 1.33 bits per heavy atom. The highest BCUT2D eigenvalue weighted by atomic mass is 35.5. The van der Waals surface area contributed by atoms with Gasteiger partial charge < -0.3 is 0 Å². The van der Waals surface area contributed by atoms with Crippen LogP contribution in [-0.2, 0) is 0 Å². The third-order valence-corrected chi connectivity index (χ3v) is 10.1. The highest BCUT2D eigenvalue weighted by Gasteiger charge is 2.23. The molecule has 0 aliphatic heterocycles. The molecule has 0 spiro atoms. The minimum Gasteiger partial charge on any atom is -0.0843 e. The molecule has 0 amide bonds. The molecule has 0 saturated heterocycles. The average Bonchev–Trinajstić information content (AvgIpc) is 3.14. The molecular weight excluding hydrogens is 623 g/mol. The Morgan fingerprint density at radius 2 is 0.750 bits per heavy atom. The summed E-state index contributed by atoms with van der Waals surface area (Å²) in [5.41, 5.74) is 9.36. The van der Waals surface area contributed by atoms with Crippen LogP contribution in [-0.4, -0.2) is 0 Å². The SMILES string of the molecule is Clc1ccc(-c2ccc3c(-c4ccc5ccccc5c4)c4ccccc4c(-c4ccc5ccccc5c4)c3c2-c2ccc(Cl)cc2)cc1. The molecule has 0 radical (unpaired) electrons. The van der Waals surface area contributed by atoms with E-state index in [1.54, 1.807) is 0 Å². The van der Waals surface area contributed by atoms with E-state index in [-0.39, 0.29) is 0 Å². The first-order valence-corrected chi connectivity index (χ1v) is 16.9. The van der Waals surface area contributed by atoms with Gasteiger partial charge in [-0.25, -0.2) is 0 Å². The molecule has 0 saturated carbocycles. The van der Waals surface area contributed by atoms with Gasteiger partial charge in [0, 0.05) is 10.0 Å². The maximum absolute atomic E-state index is 6.49. The third-order valence-electron chi connectivity index (χ3n) is 9.55. The lowest BCUT2D eigenvalue weighted by atomic mass is 9.80. The van der Waals surface area contributed by atoms with Crippen LogP contribution < -0.4 is 0 Å². The van der Waals surface area contributed by atoms with Crippen molar-refractivity contribution in [3.63, 3.8) is 0 Å². The Kier molecular flexibility index (Phi) is 7.01. The largest absolute Gasteiger partial charge is 0.0843 e. The predicted octanol–water partition coefficient (Wildman–Crippen LogP) is 14.3. The number of halogens is 2. The van der Waals surface area contributed by atoms with E-state index in [0.29, 0.717) is 10.0 Å². The smallest absolute Gasteiger partial charge is 0.0406 e. The maximum atomic E-state index is 6.49. The van der Waals surface area contributed by atoms with Gasteiger partial charge in [-0.2, -0.15) is 0 Å². The summed E-state index contributed by atoms with van der Waals surface area (Å²) in [4.78, 5) is 0. The van der Waals surface area contributed by atoms with Crippen LogP contribution >= 0.6 is 23.2 Å². The summed E-state index contributed by atoms with van der Waals surface area (Å²) in [5.74, 6) is 0. The summed E-state index contributed by atoms with van der Waals surface area (Å²) in [6.07, 6.45) is 0. The summed E-state index contributed by atoms with van der Waals surface area (Å²) < 4.78 is 0. The van der Waals surface area contributed by atoms with Crippen LogP contribution in [0.15, 0.2) is 170 Å². The Morgan fingerprint density at radius 1 is 0.292 bits per heavy atom. The lowest BCUT2D eigenvalue weighted by molar-refractivity contribution is 1.60. The van der Waals surface area contributed by atoms with E-state index in [1.165, 1.54) is 70.9 Å². The fraction of sp³-hybridized carbons (Fsp3) is 0. The zero-order valence-electron chi connectivity index (χ0n) is 25.9. The molecule has 0 N–H and O–H groups in total. The van der Waals surface area contributed by atoms with Gasteiger partial charge in [-0.15, -0.1) is 0 Å². The maximum Gasteiger partial charge on any atom is 0.0406 e. The summed E-state index contributed by atoms with van der Waals surface area (Å²) in [5, 5.41) is 11.2. The Hall–Kier alpha value is -5.40. The molecule has 2 heteroatoms. The summed E-state index contributed by atoms with van der Waals surface area (Å²) >= 11 is 12.9. The quantitative estimate of drug-likeness (QED) is 0.166. The first-order valence-electron chi connectivity index (χ1n) is 16.1. The highest BCUT2D eigenvalue weighted by Crippen LogP contribution is 2.50. The number of hydrogen-bond acceptors (Lipinski definition) is 0. The van der Waals surface area contributed by atoms with Crippen molar-refractivity contribution in [3.8, 4) is 44.5 Å². The van der Waals surface area contributed by atoms with Gasteiger partial charge in [0.05, 0.1) is 0 Å². The van der Waals surface area contributed by atoms with Gasteiger partial charge in [0.1, 0.15) is 0 Å². The topological polar surface area (TPSA) is 0 Å². The number of hydrogen-bond donors (Lipinski definition) is 0. The van der Waals surface area contributed by atoms with Crippen LogP contribution in [0.25, 0.3) is 87.6 Å². The minimum absolute atomic E-state index is 0.712. The van der Waals surface area contributed by atoms with Crippen molar-refractivity contribution in [1.29, 1.82) is 0 Å². The van der Waals surface area contributed by atoms with Crippen LogP contribution in [0.2, 0.25) is 10.0 Å². The van der Waals surface area contributed by atoms with Crippen LogP contribution in [0.5, 0.6) is 0 Å². The standard InChI is InChI=1S/C46H28Cl2/c47-37-21-17-31(18-22-37)39-25-26-42-43(35-15-13-29-7-1-3-9-33(29)27-35)40-11-5-6-12-41(40)45(36-16-14-30-8-2-4-10-34(30)28-36)46(42)44(39)32-19-23-38(48)24-20-32/h1-28H. The van der Waals surface area contributed by atoms with Crippen molar-refractivity contribution in [2.24, 2.45) is 0 Å². The molecule has 0 nitrogen and oxygen atoms in total. The van der Waals surface area contributed by atoms with E-state index in [0.717, 1.165) is 16.7 Å². The van der Waals surface area contributed by atoms with E-state index in [2.05, 4.69) is 146 Å². The van der Waals surface area contributed by atoms with Crippen LogP contribution in [0.1, 0.15) is 0 Å². The van der Waals surface area contributed by atoms with Crippen molar-refractivity contribution in [2.75, 3.05) is 0 Å². The first kappa shape index (κ1) is 28.8. The lowest BCUT2D eigenvalue weighted by Gasteiger charge is -2.23. The second kappa shape index (κ2) is 11.7. The zero-order valence-corrected chi connectivity index (χ0v) is 27.4. The molecule has 0 fully saturated rings. The van der Waals surface area contributed by atoms with Gasteiger partial charge in [-0.3, -0.25) is 0 Å². The van der Waals surface area contributed by atoms with Crippen molar-refractivity contribution >= 4 is 66.3 Å². The normalized spacial score (nSPS) is 11.5. The van der Waals surface area contributed by atoms with Gasteiger partial charge in [0.2, 0.25) is 0 Å². The highest BCUT2D eigenvalue weighted by molar-refractivity contribution is 6.31. The van der Waals surface area contributed by atoms with E-state index in [1.807, 2.05) is 24.3 Å². The van der Waals surface area contributed by atoms with E-state index >= 15 is 0 Å². The molecule has 0 aromatic heterocycles. The van der Waals surface area contributed by atoms with Crippen LogP contribution in [0, 0.1) is 0 Å². The van der Waals surface area contributed by atoms with Gasteiger partial charge in [0.25, 0.3) is 0 Å². The molecule has 0 aliphatic carbocycles. The lowest BCUT2D eigenvalue weighted by Crippen LogP contribution is -1.96. The molecule has 0 aliphatic rings. The molecule has 0 bridgehead atoms. The minimum atomic E-state index is 0.712. The van der Waals surface area contributed by atoms with Crippen molar-refractivity contribution in [2.45, 2.75) is 0 Å². The summed E-state index contributed by atoms with van der Waals surface area (Å²) in [6.45, 7) is 0. The molecule has 48 heavy (non-hydrogen) atoms. The average molecular weight is 652 g/mol. The zero-order chi connectivity index (χ0) is 32.2. The third kappa shape index (κ3) is 4.85. The fourth-order valence-electron chi connectivity index (χ4n) is 7.36. The predicted molar refractivity (Wildman–Crippen MR) is 208 cm³/mol. The van der Waals surface area contributed by atoms with Crippen molar-refractivity contribution in [3.05, 3.63) is 180 Å². The molecule has 226 valence electrons. The van der Waals surface area contributed by atoms with Gasteiger partial charge in [0.15, 0.2) is 0 Å². The molecule has 9 aromatic rings. The molecule has 0 unspecified atom stereocenters. The second-order valence-corrected chi connectivity index (χ2v) is 13.2. The Labute approximate surface area is 289 Å². The van der Waals surface area contributed by atoms with Crippen LogP contribution in [0.4, 0.5) is 0 Å². The van der Waals surface area contributed by atoms with Crippen LogP contribution in [0.3, 0.4) is 0 Å². The molecule has 9 rings (SSSR count). The summed E-state index contributed by atoms with van der Waals surface area (Å²) in [7, 11) is 0. The number of fused-ring (bicyclic) bond motifs is 4. The molecule has 0 heterocycles. The van der Waals surface area contributed by atoms with Crippen molar-refractivity contribution in [1.82, 2.24) is 0 Å². The molecule has 0 atom stereocenters. The summed E-state index contributed by atoms with van der Waals surface area (Å²) in [6, 6.07) is 60.8. The number of benzene rings is 9. The van der Waals surface area contributed by atoms with Gasteiger partial charge in [-0.1, -0.05) is 157 Å². The molecular formula is C46H28Cl2. The second-order valence-electron chi connectivity index (χ2n) is 12.3. The Bertz CT molecular complexity index is 2670. The van der Waals surface area contributed by atoms with E-state index < -0.39 is 0 Å². The van der Waals surface area contributed by atoms with E-state index in [4.69, 9.17) is 23.2 Å². The molecule has 9 aromatic carbocycles. The van der Waals surface area contributed by atoms with E-state index in [9.17, 15) is 0 Å².